The first-order valence-corrected chi connectivity index (χ1v) is 5.98. The molecule has 0 saturated heterocycles. The third-order valence-electron chi connectivity index (χ3n) is 2.74. The molecule has 7 heteroatoms. The molecule has 2 N–H and O–H groups in total. The molecule has 20 heavy (non-hydrogen) atoms. The highest BCUT2D eigenvalue weighted by molar-refractivity contribution is 6.39. The Morgan fingerprint density at radius 2 is 1.95 bits per heavy atom. The molecular weight excluding hydrogens is 265 g/mol. The summed E-state index contributed by atoms with van der Waals surface area (Å²) in [4.78, 5) is 34.3. The normalized spacial score (nSPS) is 14.2. The van der Waals surface area contributed by atoms with Crippen molar-refractivity contribution in [2.45, 2.75) is 12.8 Å². The van der Waals surface area contributed by atoms with Crippen LogP contribution in [0.5, 0.6) is 0 Å². The number of amides is 2. The molecule has 0 bridgehead atoms. The number of carbonyl (C=O) groups is 3. The van der Waals surface area contributed by atoms with E-state index in [4.69, 9.17) is 0 Å². The molecule has 0 saturated carbocycles. The van der Waals surface area contributed by atoms with Crippen molar-refractivity contribution in [2.24, 2.45) is 5.10 Å². The van der Waals surface area contributed by atoms with Crippen molar-refractivity contribution in [3.05, 3.63) is 35.6 Å². The Labute approximate surface area is 114 Å². The fourth-order valence-corrected chi connectivity index (χ4v) is 1.64. The van der Waals surface area contributed by atoms with Gasteiger partial charge in [-0.15, -0.1) is 0 Å². The Balaban J connectivity index is 1.88. The van der Waals surface area contributed by atoms with Crippen LogP contribution in [-0.2, 0) is 9.59 Å². The van der Waals surface area contributed by atoms with Crippen LogP contribution < -0.4 is 10.7 Å². The summed E-state index contributed by atoms with van der Waals surface area (Å²) >= 11 is 0. The first-order valence-electron chi connectivity index (χ1n) is 5.98. The minimum Gasteiger partial charge on any atom is -0.343 e. The topological polar surface area (TPSA) is 87.6 Å². The summed E-state index contributed by atoms with van der Waals surface area (Å²) in [6.07, 6.45) is 0.431. The van der Waals surface area contributed by atoms with Gasteiger partial charge in [-0.2, -0.15) is 5.10 Å². The van der Waals surface area contributed by atoms with Crippen LogP contribution in [0.3, 0.4) is 0 Å². The third-order valence-corrected chi connectivity index (χ3v) is 2.74. The fourth-order valence-electron chi connectivity index (χ4n) is 1.64. The van der Waals surface area contributed by atoms with E-state index < -0.39 is 11.7 Å². The van der Waals surface area contributed by atoms with Gasteiger partial charge in [0.2, 0.25) is 5.91 Å². The van der Waals surface area contributed by atoms with Crippen molar-refractivity contribution in [3.63, 3.8) is 0 Å². The lowest BCUT2D eigenvalue weighted by Gasteiger charge is -2.11. The Bertz CT molecular complexity index is 581. The van der Waals surface area contributed by atoms with Crippen LogP contribution in [0.1, 0.15) is 23.2 Å². The van der Waals surface area contributed by atoms with Gasteiger partial charge in [-0.25, -0.2) is 9.82 Å². The molecular formula is C13H12FN3O3. The van der Waals surface area contributed by atoms with Gasteiger partial charge in [0.25, 0.3) is 5.91 Å². The molecule has 0 atom stereocenters. The van der Waals surface area contributed by atoms with Gasteiger partial charge >= 0.3 is 0 Å². The molecule has 0 fully saturated rings. The van der Waals surface area contributed by atoms with Crippen LogP contribution in [0.4, 0.5) is 4.39 Å². The number of nitrogens with zero attached hydrogens (tertiary/aromatic N) is 1. The van der Waals surface area contributed by atoms with E-state index in [1.807, 2.05) is 0 Å². The van der Waals surface area contributed by atoms with E-state index in [0.717, 1.165) is 0 Å². The van der Waals surface area contributed by atoms with Crippen LogP contribution in [0, 0.1) is 5.82 Å². The van der Waals surface area contributed by atoms with Crippen molar-refractivity contribution in [2.75, 3.05) is 6.54 Å². The predicted octanol–water partition coefficient (Wildman–Crippen LogP) is 0.391. The third kappa shape index (κ3) is 3.47. The minimum atomic E-state index is -0.500. The number of benzene rings is 1. The lowest BCUT2D eigenvalue weighted by molar-refractivity contribution is -0.121. The molecule has 1 aliphatic heterocycles. The number of halogens is 1. The first kappa shape index (κ1) is 13.9. The van der Waals surface area contributed by atoms with Crippen molar-refractivity contribution in [3.8, 4) is 0 Å². The molecule has 0 aliphatic carbocycles. The van der Waals surface area contributed by atoms with Crippen LogP contribution >= 0.6 is 0 Å². The molecule has 6 nitrogen and oxygen atoms in total. The molecule has 1 heterocycles. The van der Waals surface area contributed by atoms with Crippen molar-refractivity contribution in [1.82, 2.24) is 10.7 Å². The Kier molecular flexibility index (Phi) is 4.19. The number of ketones is 1. The summed E-state index contributed by atoms with van der Waals surface area (Å²) in [5.74, 6) is -1.51. The van der Waals surface area contributed by atoms with E-state index >= 15 is 0 Å². The number of nitrogens with one attached hydrogen (secondary N) is 2. The van der Waals surface area contributed by atoms with Gasteiger partial charge in [0.1, 0.15) is 11.5 Å². The highest BCUT2D eigenvalue weighted by atomic mass is 19.1. The summed E-state index contributed by atoms with van der Waals surface area (Å²) in [7, 11) is 0. The molecule has 0 aromatic heterocycles. The molecule has 104 valence electrons. The van der Waals surface area contributed by atoms with Gasteiger partial charge < -0.3 is 5.32 Å². The summed E-state index contributed by atoms with van der Waals surface area (Å²) in [6.45, 7) is -0.211. The second kappa shape index (κ2) is 6.05. The fraction of sp³-hybridized carbons (Fsp3) is 0.231. The lowest BCUT2D eigenvalue weighted by Crippen LogP contribution is -2.39. The Morgan fingerprint density at radius 1 is 1.25 bits per heavy atom. The van der Waals surface area contributed by atoms with Crippen molar-refractivity contribution >= 4 is 23.3 Å². The van der Waals surface area contributed by atoms with E-state index in [0.29, 0.717) is 5.56 Å². The maximum absolute atomic E-state index is 12.7. The highest BCUT2D eigenvalue weighted by Crippen LogP contribution is 2.03. The summed E-state index contributed by atoms with van der Waals surface area (Å²) < 4.78 is 12.7. The number of Topliss-reactive ketones (excluding diaryl/α,β-unsaturated/α-hetero) is 1. The van der Waals surface area contributed by atoms with Crippen molar-refractivity contribution < 1.29 is 18.8 Å². The van der Waals surface area contributed by atoms with Crippen LogP contribution in [0.15, 0.2) is 29.4 Å². The molecule has 1 aliphatic rings. The Morgan fingerprint density at radius 3 is 2.55 bits per heavy atom. The maximum atomic E-state index is 12.7. The average molecular weight is 277 g/mol. The molecule has 0 radical (unpaired) electrons. The summed E-state index contributed by atoms with van der Waals surface area (Å²) in [5, 5.41) is 6.03. The molecule has 1 aromatic carbocycles. The predicted molar refractivity (Wildman–Crippen MR) is 68.6 cm³/mol. The van der Waals surface area contributed by atoms with Gasteiger partial charge in [0.05, 0.1) is 6.54 Å². The van der Waals surface area contributed by atoms with E-state index in [1.165, 1.54) is 24.3 Å². The number of rotatable bonds is 4. The monoisotopic (exact) mass is 277 g/mol. The minimum absolute atomic E-state index is 0.177. The van der Waals surface area contributed by atoms with Gasteiger partial charge in [-0.05, 0) is 24.3 Å². The molecule has 2 rings (SSSR count). The number of carbonyl (C=O) groups excluding carboxylic acids is 3. The second-order valence-corrected chi connectivity index (χ2v) is 4.21. The maximum Gasteiger partial charge on any atom is 0.267 e. The molecule has 0 unspecified atom stereocenters. The molecule has 0 spiro atoms. The van der Waals surface area contributed by atoms with Gasteiger partial charge in [0.15, 0.2) is 5.78 Å². The smallest absolute Gasteiger partial charge is 0.267 e. The number of hydrogen-bond donors (Lipinski definition) is 2. The largest absolute Gasteiger partial charge is 0.343 e. The average Bonchev–Trinajstić information content (AvgIpc) is 2.46. The van der Waals surface area contributed by atoms with E-state index in [1.54, 1.807) is 0 Å². The van der Waals surface area contributed by atoms with Crippen LogP contribution in [-0.4, -0.2) is 29.9 Å². The first-order chi connectivity index (χ1) is 9.56. The van der Waals surface area contributed by atoms with E-state index in [9.17, 15) is 18.8 Å². The van der Waals surface area contributed by atoms with Crippen LogP contribution in [0.2, 0.25) is 0 Å². The molecule has 1 aromatic rings. The van der Waals surface area contributed by atoms with Gasteiger partial charge in [-0.3, -0.25) is 14.4 Å². The second-order valence-electron chi connectivity index (χ2n) is 4.21. The van der Waals surface area contributed by atoms with Crippen molar-refractivity contribution in [1.29, 1.82) is 0 Å². The summed E-state index contributed by atoms with van der Waals surface area (Å²) in [5.41, 5.74) is 2.69. The quantitative estimate of drug-likeness (QED) is 0.780. The standard InChI is InChI=1S/C13H12FN3O3/c14-9-3-1-8(2-4-9)11(18)7-15-13(20)10-5-6-12(19)17-16-10/h1-4H,5-7H2,(H,15,20)(H,17,19). The van der Waals surface area contributed by atoms with Crippen LogP contribution in [0.25, 0.3) is 0 Å². The summed E-state index contributed by atoms with van der Waals surface area (Å²) in [6, 6.07) is 5.05. The molecule has 2 amide bonds. The SMILES string of the molecule is O=C1CCC(C(=O)NCC(=O)c2ccc(F)cc2)=NN1. The zero-order valence-corrected chi connectivity index (χ0v) is 10.5. The zero-order valence-electron chi connectivity index (χ0n) is 10.5. The number of hydrogen-bond acceptors (Lipinski definition) is 4. The number of hydrazone groups is 1. The van der Waals surface area contributed by atoms with Gasteiger partial charge in [0, 0.05) is 18.4 Å². The van der Waals surface area contributed by atoms with E-state index in [-0.39, 0.29) is 36.8 Å². The van der Waals surface area contributed by atoms with E-state index in [2.05, 4.69) is 15.8 Å². The lowest BCUT2D eigenvalue weighted by atomic mass is 10.1. The highest BCUT2D eigenvalue weighted by Gasteiger charge is 2.18. The Hall–Kier alpha value is -2.57. The zero-order chi connectivity index (χ0) is 14.5. The van der Waals surface area contributed by atoms with Gasteiger partial charge in [-0.1, -0.05) is 0 Å².